The second-order valence-corrected chi connectivity index (χ2v) is 7.69. The number of halogens is 1. The zero-order valence-electron chi connectivity index (χ0n) is 14.7. The number of hydrogen-bond acceptors (Lipinski definition) is 2. The average molecular weight is 424 g/mol. The maximum Gasteiger partial charge on any atom is 0.332 e. The fourth-order valence-corrected chi connectivity index (χ4v) is 4.75. The van der Waals surface area contributed by atoms with Crippen LogP contribution in [0.1, 0.15) is 35.5 Å². The number of fused-ring (bicyclic) bond motifs is 4. The molecule has 0 aliphatic carbocycles. The number of aromatic nitrogens is 3. The molecule has 3 heterocycles. The Kier molecular flexibility index (Phi) is 3.59. The second-order valence-electron chi connectivity index (χ2n) is 6.83. The number of nitrogens with zero attached hydrogens (tertiary/aromatic N) is 2. The topological polar surface area (TPSA) is 62.9 Å². The van der Waals surface area contributed by atoms with E-state index >= 15 is 0 Å². The van der Waals surface area contributed by atoms with Gasteiger partial charge >= 0.3 is 5.69 Å². The molecule has 0 saturated heterocycles. The van der Waals surface area contributed by atoms with Crippen molar-refractivity contribution in [3.63, 3.8) is 0 Å². The van der Waals surface area contributed by atoms with Crippen LogP contribution >= 0.6 is 15.9 Å². The summed E-state index contributed by atoms with van der Waals surface area (Å²) in [5.41, 5.74) is 4.65. The van der Waals surface area contributed by atoms with Gasteiger partial charge in [0.1, 0.15) is 6.04 Å². The molecule has 1 aliphatic heterocycles. The first-order valence-electron chi connectivity index (χ1n) is 8.98. The van der Waals surface area contributed by atoms with Gasteiger partial charge < -0.3 is 10.1 Å². The lowest BCUT2D eigenvalue weighted by atomic mass is 9.93. The highest BCUT2D eigenvalue weighted by Crippen LogP contribution is 2.42. The van der Waals surface area contributed by atoms with E-state index in [9.17, 15) is 9.90 Å². The number of para-hydroxylation sites is 1. The van der Waals surface area contributed by atoms with Crippen LogP contribution in [0.25, 0.3) is 10.9 Å². The Morgan fingerprint density at radius 1 is 1.19 bits per heavy atom. The van der Waals surface area contributed by atoms with Crippen LogP contribution in [0.15, 0.2) is 57.8 Å². The molecule has 2 aromatic heterocycles. The first kappa shape index (κ1) is 16.4. The van der Waals surface area contributed by atoms with Crippen LogP contribution in [-0.4, -0.2) is 19.2 Å². The molecule has 0 radical (unpaired) electrons. The Morgan fingerprint density at radius 3 is 2.70 bits per heavy atom. The lowest BCUT2D eigenvalue weighted by Crippen LogP contribution is -2.32. The minimum absolute atomic E-state index is 0.0653. The number of hydrogen-bond donors (Lipinski definition) is 2. The molecular weight excluding hydrogens is 406 g/mol. The van der Waals surface area contributed by atoms with Crippen molar-refractivity contribution in [2.24, 2.45) is 0 Å². The van der Waals surface area contributed by atoms with E-state index in [2.05, 4.69) is 27.0 Å². The molecule has 5 nitrogen and oxygen atoms in total. The van der Waals surface area contributed by atoms with E-state index in [4.69, 9.17) is 0 Å². The Bertz CT molecular complexity index is 1250. The van der Waals surface area contributed by atoms with E-state index in [1.54, 1.807) is 4.57 Å². The Balaban J connectivity index is 1.89. The highest BCUT2D eigenvalue weighted by Gasteiger charge is 2.35. The van der Waals surface area contributed by atoms with E-state index in [-0.39, 0.29) is 17.6 Å². The molecule has 0 amide bonds. The summed E-state index contributed by atoms with van der Waals surface area (Å²) >= 11 is 3.65. The quantitative estimate of drug-likeness (QED) is 0.447. The third-order valence-electron chi connectivity index (χ3n) is 5.48. The minimum atomic E-state index is -0.321. The first-order valence-corrected chi connectivity index (χ1v) is 9.77. The first-order chi connectivity index (χ1) is 13.1. The number of imidazole rings is 1. The van der Waals surface area contributed by atoms with Crippen molar-refractivity contribution in [1.29, 1.82) is 0 Å². The van der Waals surface area contributed by atoms with E-state index in [1.807, 2.05) is 49.4 Å². The fourth-order valence-electron chi connectivity index (χ4n) is 4.25. The maximum atomic E-state index is 13.1. The number of H-pyrrole nitrogens is 1. The van der Waals surface area contributed by atoms with Crippen LogP contribution < -0.4 is 5.69 Å². The van der Waals surface area contributed by atoms with E-state index < -0.39 is 0 Å². The molecule has 0 saturated carbocycles. The van der Waals surface area contributed by atoms with Gasteiger partial charge in [-0.3, -0.25) is 9.13 Å². The molecule has 0 bridgehead atoms. The van der Waals surface area contributed by atoms with Crippen molar-refractivity contribution < 1.29 is 5.11 Å². The third-order valence-corrected chi connectivity index (χ3v) is 6.20. The number of benzene rings is 2. The summed E-state index contributed by atoms with van der Waals surface area (Å²) in [7, 11) is 0. The van der Waals surface area contributed by atoms with Gasteiger partial charge in [-0.2, -0.15) is 0 Å². The standard InChI is InChI=1S/C21H18BrN3O2/c1-2-24-20(26)17-11-14-12-7-4-6-10-16(12)23-18(14)19(25(17)21(24)27)13-8-3-5-9-15(13)22/h3-10,19,23,26H,2,11H2,1H3/t19-/m1/s1. The molecule has 0 unspecified atom stereocenters. The summed E-state index contributed by atoms with van der Waals surface area (Å²) in [6.07, 6.45) is 0.522. The second kappa shape index (κ2) is 5.89. The molecule has 2 N–H and O–H groups in total. The van der Waals surface area contributed by atoms with Crippen molar-refractivity contribution in [2.45, 2.75) is 25.9 Å². The van der Waals surface area contributed by atoms with Crippen molar-refractivity contribution in [3.05, 3.63) is 86.0 Å². The van der Waals surface area contributed by atoms with Crippen LogP contribution in [0, 0.1) is 0 Å². The average Bonchev–Trinajstić information content (AvgIpc) is 3.16. The van der Waals surface area contributed by atoms with Crippen LogP contribution in [0.2, 0.25) is 0 Å². The van der Waals surface area contributed by atoms with Gasteiger partial charge in [0, 0.05) is 34.0 Å². The van der Waals surface area contributed by atoms with E-state index in [0.29, 0.717) is 18.7 Å². The highest BCUT2D eigenvalue weighted by atomic mass is 79.9. The smallest absolute Gasteiger partial charge is 0.332 e. The normalized spacial score (nSPS) is 15.7. The monoisotopic (exact) mass is 423 g/mol. The van der Waals surface area contributed by atoms with Gasteiger partial charge in [0.25, 0.3) is 0 Å². The molecular formula is C21H18BrN3O2. The molecule has 0 fully saturated rings. The Hall–Kier alpha value is -2.73. The molecule has 6 heteroatoms. The molecule has 27 heavy (non-hydrogen) atoms. The van der Waals surface area contributed by atoms with E-state index in [1.165, 1.54) is 4.57 Å². The van der Waals surface area contributed by atoms with Crippen molar-refractivity contribution in [3.8, 4) is 5.88 Å². The highest BCUT2D eigenvalue weighted by molar-refractivity contribution is 9.10. The molecule has 0 spiro atoms. The summed E-state index contributed by atoms with van der Waals surface area (Å²) < 4.78 is 4.10. The van der Waals surface area contributed by atoms with Gasteiger partial charge in [-0.15, -0.1) is 0 Å². The van der Waals surface area contributed by atoms with Crippen LogP contribution in [0.5, 0.6) is 5.88 Å². The van der Waals surface area contributed by atoms with Crippen LogP contribution in [0.4, 0.5) is 0 Å². The van der Waals surface area contributed by atoms with Gasteiger partial charge in [0.05, 0.1) is 5.69 Å². The predicted octanol–water partition coefficient (Wildman–Crippen LogP) is 4.16. The van der Waals surface area contributed by atoms with Gasteiger partial charge in [0.15, 0.2) is 0 Å². The number of aromatic hydroxyl groups is 1. The molecule has 2 aromatic carbocycles. The molecule has 1 atom stereocenters. The lowest BCUT2D eigenvalue weighted by molar-refractivity contribution is 0.413. The van der Waals surface area contributed by atoms with Gasteiger partial charge in [-0.25, -0.2) is 4.79 Å². The summed E-state index contributed by atoms with van der Waals surface area (Å²) in [4.78, 5) is 16.7. The summed E-state index contributed by atoms with van der Waals surface area (Å²) in [5.74, 6) is 0.0653. The number of rotatable bonds is 2. The molecule has 5 rings (SSSR count). The summed E-state index contributed by atoms with van der Waals surface area (Å²) in [5, 5.41) is 11.9. The number of nitrogens with one attached hydrogen (secondary N) is 1. The van der Waals surface area contributed by atoms with Crippen molar-refractivity contribution >= 4 is 26.8 Å². The summed E-state index contributed by atoms with van der Waals surface area (Å²) in [6, 6.07) is 15.8. The minimum Gasteiger partial charge on any atom is -0.493 e. The van der Waals surface area contributed by atoms with Crippen LogP contribution in [0.3, 0.4) is 0 Å². The third kappa shape index (κ3) is 2.19. The van der Waals surface area contributed by atoms with Crippen LogP contribution in [-0.2, 0) is 13.0 Å². The zero-order valence-corrected chi connectivity index (χ0v) is 16.3. The SMILES string of the molecule is CCn1c(O)c2n(c1=O)[C@H](c1ccccc1Br)c1[nH]c3ccccc3c1C2. The Labute approximate surface area is 164 Å². The van der Waals surface area contributed by atoms with E-state index in [0.717, 1.165) is 32.2 Å². The molecule has 4 aromatic rings. The van der Waals surface area contributed by atoms with Crippen molar-refractivity contribution in [2.75, 3.05) is 0 Å². The van der Waals surface area contributed by atoms with Crippen molar-refractivity contribution in [1.82, 2.24) is 14.1 Å². The maximum absolute atomic E-state index is 13.1. The fraction of sp³-hybridized carbons (Fsp3) is 0.190. The molecule has 1 aliphatic rings. The summed E-state index contributed by atoms with van der Waals surface area (Å²) in [6.45, 7) is 2.30. The largest absolute Gasteiger partial charge is 0.493 e. The lowest BCUT2D eigenvalue weighted by Gasteiger charge is -2.26. The molecule has 136 valence electrons. The van der Waals surface area contributed by atoms with Gasteiger partial charge in [-0.05, 0) is 30.2 Å². The predicted molar refractivity (Wildman–Crippen MR) is 109 cm³/mol. The van der Waals surface area contributed by atoms with Gasteiger partial charge in [-0.1, -0.05) is 52.3 Å². The zero-order chi connectivity index (χ0) is 18.7. The number of aromatic amines is 1. The van der Waals surface area contributed by atoms with Gasteiger partial charge in [0.2, 0.25) is 5.88 Å². The Morgan fingerprint density at radius 2 is 1.93 bits per heavy atom.